The Balaban J connectivity index is 1.81. The van der Waals surface area contributed by atoms with Crippen molar-refractivity contribution in [3.63, 3.8) is 0 Å². The largest absolute Gasteiger partial charge is 0.493 e. The van der Waals surface area contributed by atoms with Crippen LogP contribution in [0.4, 0.5) is 0 Å². The van der Waals surface area contributed by atoms with Crippen molar-refractivity contribution in [3.05, 3.63) is 64.1 Å². The lowest BCUT2D eigenvalue weighted by Crippen LogP contribution is -2.29. The van der Waals surface area contributed by atoms with Gasteiger partial charge in [0.2, 0.25) is 0 Å². The molecule has 0 radical (unpaired) electrons. The van der Waals surface area contributed by atoms with E-state index in [4.69, 9.17) is 4.74 Å². The predicted molar refractivity (Wildman–Crippen MR) is 85.0 cm³/mol. The summed E-state index contributed by atoms with van der Waals surface area (Å²) in [5.41, 5.74) is 2.55. The third-order valence-electron chi connectivity index (χ3n) is 3.78. The molecule has 0 amide bonds. The maximum Gasteiger partial charge on any atom is 0.124 e. The SMILES string of the molecule is C[C@@H](NC1CCOc2ccccc21)c1ccccc1Br. The molecule has 1 heterocycles. The van der Waals surface area contributed by atoms with E-state index in [-0.39, 0.29) is 0 Å². The van der Waals surface area contributed by atoms with Crippen molar-refractivity contribution in [3.8, 4) is 5.75 Å². The Kier molecular flexibility index (Phi) is 4.08. The summed E-state index contributed by atoms with van der Waals surface area (Å²) in [6.07, 6.45) is 1.01. The van der Waals surface area contributed by atoms with Crippen LogP contribution in [0.5, 0.6) is 5.75 Å². The number of ether oxygens (including phenoxy) is 1. The number of nitrogens with one attached hydrogen (secondary N) is 1. The van der Waals surface area contributed by atoms with Crippen molar-refractivity contribution < 1.29 is 4.74 Å². The van der Waals surface area contributed by atoms with Gasteiger partial charge in [-0.3, -0.25) is 0 Å². The van der Waals surface area contributed by atoms with Gasteiger partial charge in [-0.15, -0.1) is 0 Å². The monoisotopic (exact) mass is 331 g/mol. The molecule has 0 aromatic heterocycles. The summed E-state index contributed by atoms with van der Waals surface area (Å²) in [5, 5.41) is 3.72. The molecule has 1 N–H and O–H groups in total. The number of benzene rings is 2. The van der Waals surface area contributed by atoms with Crippen molar-refractivity contribution in [1.82, 2.24) is 5.32 Å². The van der Waals surface area contributed by atoms with E-state index in [0.717, 1.165) is 23.2 Å². The van der Waals surface area contributed by atoms with E-state index in [1.165, 1.54) is 11.1 Å². The van der Waals surface area contributed by atoms with Crippen LogP contribution in [0.3, 0.4) is 0 Å². The fourth-order valence-electron chi connectivity index (χ4n) is 2.73. The molecule has 0 spiro atoms. The Bertz CT molecular complexity index is 599. The Hall–Kier alpha value is -1.32. The average molecular weight is 332 g/mol. The van der Waals surface area contributed by atoms with E-state index < -0.39 is 0 Å². The van der Waals surface area contributed by atoms with Gasteiger partial charge in [0.05, 0.1) is 6.61 Å². The molecule has 104 valence electrons. The highest BCUT2D eigenvalue weighted by atomic mass is 79.9. The molecule has 2 atom stereocenters. The van der Waals surface area contributed by atoms with E-state index in [1.54, 1.807) is 0 Å². The molecule has 2 nitrogen and oxygen atoms in total. The van der Waals surface area contributed by atoms with E-state index in [1.807, 2.05) is 18.2 Å². The van der Waals surface area contributed by atoms with Gasteiger partial charge in [0.15, 0.2) is 0 Å². The standard InChI is InChI=1S/C17H18BrNO/c1-12(13-6-2-4-8-15(13)18)19-16-10-11-20-17-9-5-3-7-14(16)17/h2-9,12,16,19H,10-11H2,1H3/t12-,16?/m1/s1. The maximum atomic E-state index is 5.72. The first-order chi connectivity index (χ1) is 9.75. The number of fused-ring (bicyclic) bond motifs is 1. The molecule has 3 rings (SSSR count). The molecule has 2 aromatic rings. The van der Waals surface area contributed by atoms with Crippen LogP contribution < -0.4 is 10.1 Å². The molecule has 0 bridgehead atoms. The number of hydrogen-bond donors (Lipinski definition) is 1. The Morgan fingerprint density at radius 2 is 1.90 bits per heavy atom. The van der Waals surface area contributed by atoms with Gasteiger partial charge in [-0.25, -0.2) is 0 Å². The van der Waals surface area contributed by atoms with E-state index >= 15 is 0 Å². The second-order valence-electron chi connectivity index (χ2n) is 5.14. The highest BCUT2D eigenvalue weighted by Gasteiger charge is 2.23. The molecule has 0 aliphatic carbocycles. The molecule has 1 aliphatic rings. The number of hydrogen-bond acceptors (Lipinski definition) is 2. The van der Waals surface area contributed by atoms with Crippen LogP contribution in [0, 0.1) is 0 Å². The Morgan fingerprint density at radius 3 is 2.75 bits per heavy atom. The molecule has 0 fully saturated rings. The van der Waals surface area contributed by atoms with Gasteiger partial charge in [-0.1, -0.05) is 52.3 Å². The van der Waals surface area contributed by atoms with Gasteiger partial charge in [0.25, 0.3) is 0 Å². The molecule has 20 heavy (non-hydrogen) atoms. The second kappa shape index (κ2) is 5.98. The third-order valence-corrected chi connectivity index (χ3v) is 4.50. The lowest BCUT2D eigenvalue weighted by Gasteiger charge is -2.29. The fraction of sp³-hybridized carbons (Fsp3) is 0.294. The van der Waals surface area contributed by atoms with Gasteiger partial charge in [-0.05, 0) is 24.6 Å². The fourth-order valence-corrected chi connectivity index (χ4v) is 3.36. The summed E-state index contributed by atoms with van der Waals surface area (Å²) in [6.45, 7) is 2.98. The summed E-state index contributed by atoms with van der Waals surface area (Å²) < 4.78 is 6.87. The van der Waals surface area contributed by atoms with E-state index in [2.05, 4.69) is 58.5 Å². The van der Waals surface area contributed by atoms with Crippen LogP contribution in [0.1, 0.15) is 36.6 Å². The number of halogens is 1. The summed E-state index contributed by atoms with van der Waals surface area (Å²) >= 11 is 3.63. The van der Waals surface area contributed by atoms with Crippen LogP contribution in [0.25, 0.3) is 0 Å². The number of para-hydroxylation sites is 1. The molecule has 0 saturated heterocycles. The summed E-state index contributed by atoms with van der Waals surface area (Å²) in [5.74, 6) is 1.01. The molecular formula is C17H18BrNO. The minimum Gasteiger partial charge on any atom is -0.493 e. The predicted octanol–water partition coefficient (Wildman–Crippen LogP) is 4.62. The zero-order chi connectivity index (χ0) is 13.9. The topological polar surface area (TPSA) is 21.3 Å². The van der Waals surface area contributed by atoms with Crippen LogP contribution in [-0.4, -0.2) is 6.61 Å². The maximum absolute atomic E-state index is 5.72. The zero-order valence-corrected chi connectivity index (χ0v) is 13.1. The Morgan fingerprint density at radius 1 is 1.15 bits per heavy atom. The second-order valence-corrected chi connectivity index (χ2v) is 5.99. The summed E-state index contributed by atoms with van der Waals surface area (Å²) in [6, 6.07) is 17.3. The number of rotatable bonds is 3. The first-order valence-electron chi connectivity index (χ1n) is 6.98. The van der Waals surface area contributed by atoms with Crippen LogP contribution in [0.15, 0.2) is 53.0 Å². The smallest absolute Gasteiger partial charge is 0.124 e. The molecule has 0 saturated carbocycles. The minimum absolute atomic E-state index is 0.293. The van der Waals surface area contributed by atoms with Crippen molar-refractivity contribution in [2.24, 2.45) is 0 Å². The third kappa shape index (κ3) is 2.74. The van der Waals surface area contributed by atoms with E-state index in [0.29, 0.717) is 12.1 Å². The molecule has 3 heteroatoms. The first-order valence-corrected chi connectivity index (χ1v) is 7.77. The molecule has 2 aromatic carbocycles. The Labute approximate surface area is 128 Å². The quantitative estimate of drug-likeness (QED) is 0.885. The summed E-state index contributed by atoms with van der Waals surface area (Å²) in [4.78, 5) is 0. The van der Waals surface area contributed by atoms with Gasteiger partial charge in [-0.2, -0.15) is 0 Å². The first kappa shape index (κ1) is 13.7. The normalized spacial score (nSPS) is 19.0. The zero-order valence-electron chi connectivity index (χ0n) is 11.5. The summed E-state index contributed by atoms with van der Waals surface area (Å²) in [7, 11) is 0. The average Bonchev–Trinajstić information content (AvgIpc) is 2.48. The van der Waals surface area contributed by atoms with Gasteiger partial charge < -0.3 is 10.1 Å². The lowest BCUT2D eigenvalue weighted by molar-refractivity contribution is 0.246. The van der Waals surface area contributed by atoms with Crippen LogP contribution in [-0.2, 0) is 0 Å². The van der Waals surface area contributed by atoms with Crippen molar-refractivity contribution in [1.29, 1.82) is 0 Å². The molecule has 1 aliphatic heterocycles. The van der Waals surface area contributed by atoms with Gasteiger partial charge in [0.1, 0.15) is 5.75 Å². The van der Waals surface area contributed by atoms with Crippen LogP contribution in [0.2, 0.25) is 0 Å². The van der Waals surface area contributed by atoms with Crippen molar-refractivity contribution >= 4 is 15.9 Å². The van der Waals surface area contributed by atoms with Crippen LogP contribution >= 0.6 is 15.9 Å². The van der Waals surface area contributed by atoms with Crippen molar-refractivity contribution in [2.45, 2.75) is 25.4 Å². The van der Waals surface area contributed by atoms with Crippen molar-refractivity contribution in [2.75, 3.05) is 6.61 Å². The lowest BCUT2D eigenvalue weighted by atomic mass is 9.98. The molecule has 1 unspecified atom stereocenters. The highest BCUT2D eigenvalue weighted by Crippen LogP contribution is 2.34. The van der Waals surface area contributed by atoms with Gasteiger partial charge >= 0.3 is 0 Å². The van der Waals surface area contributed by atoms with E-state index in [9.17, 15) is 0 Å². The highest BCUT2D eigenvalue weighted by molar-refractivity contribution is 9.10. The van der Waals surface area contributed by atoms with Gasteiger partial charge in [0, 0.05) is 28.5 Å². The molecular weight excluding hydrogens is 314 g/mol. The minimum atomic E-state index is 0.293.